The number of likely N-dealkylation sites (tertiary alicyclic amines) is 1. The lowest BCUT2D eigenvalue weighted by atomic mass is 10.0. The topological polar surface area (TPSA) is 68.0 Å². The molecule has 10 heteroatoms. The Labute approximate surface area is 179 Å². The van der Waals surface area contributed by atoms with E-state index in [0.717, 1.165) is 22.4 Å². The molecule has 0 spiro atoms. The molecule has 4 heterocycles. The van der Waals surface area contributed by atoms with Crippen LogP contribution in [0, 0.1) is 6.92 Å². The molecular weight excluding hydrogens is 409 g/mol. The zero-order chi connectivity index (χ0) is 22.5. The van der Waals surface area contributed by atoms with Crippen LogP contribution >= 0.6 is 0 Å². The normalized spacial score (nSPS) is 23.7. The van der Waals surface area contributed by atoms with Gasteiger partial charge in [-0.3, -0.25) is 9.48 Å². The number of amides is 1. The number of carbonyl (C=O) groups excluding carboxylic acids is 1. The first-order valence-corrected chi connectivity index (χ1v) is 10.9. The molecule has 0 aliphatic carbocycles. The minimum atomic E-state index is -4.35. The average Bonchev–Trinajstić information content (AvgIpc) is 3.42. The monoisotopic (exact) mass is 438 g/mol. The lowest BCUT2D eigenvalue weighted by Crippen LogP contribution is -2.38. The van der Waals surface area contributed by atoms with Gasteiger partial charge in [0, 0.05) is 43.7 Å². The maximum atomic E-state index is 13.6. The molecule has 0 saturated carbocycles. The molecule has 1 fully saturated rings. The zero-order valence-corrected chi connectivity index (χ0v) is 18.3. The van der Waals surface area contributed by atoms with E-state index in [1.165, 1.54) is 0 Å². The molecule has 4 rings (SSSR count). The molecule has 1 N–H and O–H groups in total. The molecule has 0 radical (unpaired) electrons. The van der Waals surface area contributed by atoms with E-state index in [2.05, 4.69) is 15.5 Å². The summed E-state index contributed by atoms with van der Waals surface area (Å²) < 4.78 is 43.6. The fourth-order valence-electron chi connectivity index (χ4n) is 4.79. The number of nitrogens with one attached hydrogen (secondary N) is 1. The van der Waals surface area contributed by atoms with Crippen molar-refractivity contribution in [3.63, 3.8) is 0 Å². The minimum absolute atomic E-state index is 0.0249. The van der Waals surface area contributed by atoms with Crippen molar-refractivity contribution < 1.29 is 18.0 Å². The van der Waals surface area contributed by atoms with Crippen LogP contribution < -0.4 is 5.32 Å². The van der Waals surface area contributed by atoms with Crippen LogP contribution in [0.5, 0.6) is 0 Å². The highest BCUT2D eigenvalue weighted by Crippen LogP contribution is 2.41. The highest BCUT2D eigenvalue weighted by atomic mass is 19.4. The van der Waals surface area contributed by atoms with E-state index >= 15 is 0 Å². The maximum absolute atomic E-state index is 13.6. The van der Waals surface area contributed by atoms with Gasteiger partial charge in [-0.05, 0) is 32.6 Å². The second-order valence-electron chi connectivity index (χ2n) is 8.58. The van der Waals surface area contributed by atoms with Crippen molar-refractivity contribution in [2.45, 2.75) is 70.6 Å². The van der Waals surface area contributed by atoms with Crippen molar-refractivity contribution in [3.05, 3.63) is 28.7 Å². The number of alkyl halides is 3. The van der Waals surface area contributed by atoms with Gasteiger partial charge in [-0.15, -0.1) is 0 Å². The molecule has 2 aromatic rings. The predicted molar refractivity (Wildman–Crippen MR) is 110 cm³/mol. The fraction of sp³-hybridized carbons (Fsp3) is 0.667. The van der Waals surface area contributed by atoms with Crippen LogP contribution in [-0.4, -0.2) is 55.7 Å². The molecule has 1 saturated heterocycles. The molecule has 1 unspecified atom stereocenters. The number of fused-ring (bicyclic) bond motifs is 1. The number of carbonyl (C=O) groups is 1. The number of aromatic nitrogens is 4. The predicted octanol–water partition coefficient (Wildman–Crippen LogP) is 3.81. The minimum Gasteiger partial charge on any atom is -0.367 e. The summed E-state index contributed by atoms with van der Waals surface area (Å²) in [6.07, 6.45) is -2.33. The van der Waals surface area contributed by atoms with Gasteiger partial charge in [0.2, 0.25) is 0 Å². The first kappa shape index (κ1) is 21.7. The van der Waals surface area contributed by atoms with E-state index in [0.29, 0.717) is 43.1 Å². The number of nitrogens with zero attached hydrogens (tertiary/aromatic N) is 5. The highest BCUT2D eigenvalue weighted by Gasteiger charge is 2.46. The molecule has 170 valence electrons. The molecule has 3 atom stereocenters. The summed E-state index contributed by atoms with van der Waals surface area (Å²) in [4.78, 5) is 14.9. The lowest BCUT2D eigenvalue weighted by Gasteiger charge is -2.32. The Morgan fingerprint density at radius 1 is 1.29 bits per heavy atom. The van der Waals surface area contributed by atoms with Gasteiger partial charge < -0.3 is 10.2 Å². The number of halogens is 3. The van der Waals surface area contributed by atoms with Crippen LogP contribution in [0.3, 0.4) is 0 Å². The first-order valence-electron chi connectivity index (χ1n) is 10.9. The van der Waals surface area contributed by atoms with Gasteiger partial charge in [-0.2, -0.15) is 23.4 Å². The molecule has 0 aromatic carbocycles. The highest BCUT2D eigenvalue weighted by molar-refractivity contribution is 5.94. The third-order valence-corrected chi connectivity index (χ3v) is 6.59. The first-order chi connectivity index (χ1) is 14.6. The number of aryl methyl sites for hydroxylation is 2. The van der Waals surface area contributed by atoms with Gasteiger partial charge >= 0.3 is 6.18 Å². The smallest absolute Gasteiger partial charge is 0.367 e. The molecule has 2 aliphatic rings. The van der Waals surface area contributed by atoms with Crippen LogP contribution in [0.15, 0.2) is 6.07 Å². The van der Waals surface area contributed by atoms with Gasteiger partial charge in [0.25, 0.3) is 5.91 Å². The maximum Gasteiger partial charge on any atom is 0.410 e. The van der Waals surface area contributed by atoms with E-state index in [1.807, 2.05) is 20.8 Å². The third kappa shape index (κ3) is 3.80. The van der Waals surface area contributed by atoms with E-state index in [1.54, 1.807) is 22.7 Å². The molecule has 31 heavy (non-hydrogen) atoms. The summed E-state index contributed by atoms with van der Waals surface area (Å²) in [5, 5.41) is 12.0. The third-order valence-electron chi connectivity index (χ3n) is 6.59. The molecule has 1 amide bonds. The van der Waals surface area contributed by atoms with Crippen molar-refractivity contribution in [1.82, 2.24) is 24.5 Å². The fourth-order valence-corrected chi connectivity index (χ4v) is 4.79. The van der Waals surface area contributed by atoms with E-state index in [4.69, 9.17) is 0 Å². The van der Waals surface area contributed by atoms with Crippen LogP contribution in [0.25, 0.3) is 0 Å². The van der Waals surface area contributed by atoms with E-state index < -0.39 is 12.2 Å². The zero-order valence-electron chi connectivity index (χ0n) is 18.3. The Morgan fingerprint density at radius 2 is 2.03 bits per heavy atom. The second kappa shape index (κ2) is 7.87. The van der Waals surface area contributed by atoms with Crippen LogP contribution in [-0.2, 0) is 13.5 Å². The van der Waals surface area contributed by atoms with Gasteiger partial charge in [-0.25, -0.2) is 4.68 Å². The summed E-state index contributed by atoms with van der Waals surface area (Å²) >= 11 is 0. The number of hydrogen-bond donors (Lipinski definition) is 1. The Morgan fingerprint density at radius 3 is 2.65 bits per heavy atom. The summed E-state index contributed by atoms with van der Waals surface area (Å²) in [6, 6.07) is -0.124. The summed E-state index contributed by atoms with van der Waals surface area (Å²) in [7, 11) is 1.77. The van der Waals surface area contributed by atoms with Gasteiger partial charge in [-0.1, -0.05) is 13.8 Å². The molecule has 7 nitrogen and oxygen atoms in total. The summed E-state index contributed by atoms with van der Waals surface area (Å²) in [5.74, 6) is 0.239. The Balaban J connectivity index is 1.55. The van der Waals surface area contributed by atoms with Crippen molar-refractivity contribution in [3.8, 4) is 0 Å². The van der Waals surface area contributed by atoms with Crippen molar-refractivity contribution in [2.75, 3.05) is 18.4 Å². The van der Waals surface area contributed by atoms with Crippen LogP contribution in [0.1, 0.15) is 72.5 Å². The largest absolute Gasteiger partial charge is 0.410 e. The lowest BCUT2D eigenvalue weighted by molar-refractivity contribution is -0.173. The molecular formula is C21H29F3N6O. The number of hydrogen-bond acceptors (Lipinski definition) is 4. The van der Waals surface area contributed by atoms with Crippen molar-refractivity contribution in [1.29, 1.82) is 0 Å². The van der Waals surface area contributed by atoms with Crippen LogP contribution in [0.4, 0.5) is 19.0 Å². The summed E-state index contributed by atoms with van der Waals surface area (Å²) in [5.41, 5.74) is 2.97. The van der Waals surface area contributed by atoms with Gasteiger partial charge in [0.15, 0.2) is 6.04 Å². The molecule has 2 aliphatic heterocycles. The average molecular weight is 438 g/mol. The van der Waals surface area contributed by atoms with Crippen molar-refractivity contribution >= 4 is 11.7 Å². The van der Waals surface area contributed by atoms with E-state index in [9.17, 15) is 18.0 Å². The van der Waals surface area contributed by atoms with Crippen molar-refractivity contribution in [2.24, 2.45) is 7.05 Å². The van der Waals surface area contributed by atoms with Gasteiger partial charge in [0.05, 0.1) is 11.4 Å². The summed E-state index contributed by atoms with van der Waals surface area (Å²) in [6.45, 7) is 6.77. The molecule has 2 aromatic heterocycles. The Hall–Kier alpha value is -2.52. The standard InChI is InChI=1S/C21H29F3N6O/c1-5-14-9-17(21(22,23)24)30-18(25-14)10-16(27-30)13-7-8-29(11-13)20(31)19-12(3)15(6-2)26-28(19)4/h10,13-14,17,25H,5-9,11H2,1-4H3/t13?,14-,17-/m1/s1. The Kier molecular flexibility index (Phi) is 5.51. The molecule has 0 bridgehead atoms. The van der Waals surface area contributed by atoms with Crippen LogP contribution in [0.2, 0.25) is 0 Å². The Bertz CT molecular complexity index is 979. The van der Waals surface area contributed by atoms with Gasteiger partial charge in [0.1, 0.15) is 11.5 Å². The number of rotatable bonds is 4. The number of anilines is 1. The van der Waals surface area contributed by atoms with E-state index in [-0.39, 0.29) is 24.3 Å². The second-order valence-corrected chi connectivity index (χ2v) is 8.58. The SMILES string of the molecule is CCc1nn(C)c(C(=O)N2CCC(c3cc4n(n3)[C@@H](C(F)(F)F)C[C@@H](CC)N4)C2)c1C. The quantitative estimate of drug-likeness (QED) is 0.788.